The van der Waals surface area contributed by atoms with Crippen LogP contribution in [0, 0.1) is 6.92 Å². The Hall–Kier alpha value is -2.04. The highest BCUT2D eigenvalue weighted by molar-refractivity contribution is 5.78. The molecule has 0 unspecified atom stereocenters. The summed E-state index contributed by atoms with van der Waals surface area (Å²) in [5.74, 6) is 0.235. The molecule has 114 valence electrons. The molecule has 5 nitrogen and oxygen atoms in total. The predicted octanol–water partition coefficient (Wildman–Crippen LogP) is 1.81. The van der Waals surface area contributed by atoms with Gasteiger partial charge in [0.2, 0.25) is 5.91 Å². The van der Waals surface area contributed by atoms with Gasteiger partial charge in [-0.3, -0.25) is 4.79 Å². The Bertz CT molecular complexity index is 485. The van der Waals surface area contributed by atoms with Crippen LogP contribution in [0.2, 0.25) is 0 Å². The van der Waals surface area contributed by atoms with Crippen molar-refractivity contribution in [2.75, 3.05) is 19.6 Å². The van der Waals surface area contributed by atoms with E-state index in [1.807, 2.05) is 36.1 Å². The Morgan fingerprint density at radius 1 is 1.24 bits per heavy atom. The first-order chi connectivity index (χ1) is 10.1. The number of benzene rings is 1. The summed E-state index contributed by atoms with van der Waals surface area (Å²) in [4.78, 5) is 24.9. The Morgan fingerprint density at radius 3 is 2.67 bits per heavy atom. The standard InChI is InChI=1S/C16H23N3O2/c1-13-5-7-14(8-6-13)12-18-16(21)17-9-3-11-19-10-2-4-15(19)20/h5-8H,2-4,9-12H2,1H3,(H2,17,18,21). The molecule has 0 spiro atoms. The maximum atomic E-state index is 11.6. The summed E-state index contributed by atoms with van der Waals surface area (Å²) in [6.07, 6.45) is 2.43. The molecule has 0 bridgehead atoms. The van der Waals surface area contributed by atoms with E-state index >= 15 is 0 Å². The molecular weight excluding hydrogens is 266 g/mol. The largest absolute Gasteiger partial charge is 0.343 e. The van der Waals surface area contributed by atoms with Crippen LogP contribution >= 0.6 is 0 Å². The second-order valence-corrected chi connectivity index (χ2v) is 5.43. The van der Waals surface area contributed by atoms with Gasteiger partial charge in [-0.2, -0.15) is 0 Å². The first-order valence-corrected chi connectivity index (χ1v) is 7.50. The molecule has 1 aliphatic heterocycles. The Balaban J connectivity index is 1.57. The van der Waals surface area contributed by atoms with Gasteiger partial charge in [0.1, 0.15) is 0 Å². The van der Waals surface area contributed by atoms with Crippen LogP contribution in [0.5, 0.6) is 0 Å². The van der Waals surface area contributed by atoms with Crippen molar-refractivity contribution >= 4 is 11.9 Å². The van der Waals surface area contributed by atoms with Crippen molar-refractivity contribution in [1.29, 1.82) is 0 Å². The third kappa shape index (κ3) is 5.10. The molecule has 0 aliphatic carbocycles. The van der Waals surface area contributed by atoms with E-state index < -0.39 is 0 Å². The highest BCUT2D eigenvalue weighted by Gasteiger charge is 2.18. The Labute approximate surface area is 125 Å². The monoisotopic (exact) mass is 289 g/mol. The van der Waals surface area contributed by atoms with E-state index in [1.54, 1.807) is 0 Å². The van der Waals surface area contributed by atoms with Crippen LogP contribution in [0.3, 0.4) is 0 Å². The van der Waals surface area contributed by atoms with Gasteiger partial charge >= 0.3 is 6.03 Å². The van der Waals surface area contributed by atoms with Gasteiger partial charge in [0.15, 0.2) is 0 Å². The lowest BCUT2D eigenvalue weighted by Crippen LogP contribution is -2.37. The Kier molecular flexibility index (Phi) is 5.60. The lowest BCUT2D eigenvalue weighted by molar-refractivity contribution is -0.127. The van der Waals surface area contributed by atoms with Gasteiger partial charge in [-0.05, 0) is 25.3 Å². The van der Waals surface area contributed by atoms with Crippen LogP contribution in [0.1, 0.15) is 30.4 Å². The van der Waals surface area contributed by atoms with E-state index in [9.17, 15) is 9.59 Å². The third-order valence-corrected chi connectivity index (χ3v) is 3.64. The molecule has 21 heavy (non-hydrogen) atoms. The first kappa shape index (κ1) is 15.4. The van der Waals surface area contributed by atoms with Crippen LogP contribution in [0.15, 0.2) is 24.3 Å². The maximum Gasteiger partial charge on any atom is 0.315 e. The number of rotatable bonds is 6. The Morgan fingerprint density at radius 2 is 2.00 bits per heavy atom. The number of amides is 3. The number of nitrogens with one attached hydrogen (secondary N) is 2. The molecule has 1 heterocycles. The number of hydrogen-bond acceptors (Lipinski definition) is 2. The van der Waals surface area contributed by atoms with Crippen LogP contribution in [0.4, 0.5) is 4.79 Å². The number of aryl methyl sites for hydroxylation is 1. The summed E-state index contributed by atoms with van der Waals surface area (Å²) in [6, 6.07) is 7.91. The number of likely N-dealkylation sites (tertiary alicyclic amines) is 1. The second-order valence-electron chi connectivity index (χ2n) is 5.43. The minimum atomic E-state index is -0.164. The summed E-state index contributed by atoms with van der Waals surface area (Å²) in [5.41, 5.74) is 2.29. The van der Waals surface area contributed by atoms with Crippen LogP contribution in [-0.4, -0.2) is 36.5 Å². The van der Waals surface area contributed by atoms with Crippen molar-refractivity contribution < 1.29 is 9.59 Å². The summed E-state index contributed by atoms with van der Waals surface area (Å²) >= 11 is 0. The average Bonchev–Trinajstić information content (AvgIpc) is 2.88. The van der Waals surface area contributed by atoms with E-state index in [0.717, 1.165) is 31.5 Å². The van der Waals surface area contributed by atoms with Gasteiger partial charge < -0.3 is 15.5 Å². The number of carbonyl (C=O) groups is 2. The molecule has 3 amide bonds. The summed E-state index contributed by atoms with van der Waals surface area (Å²) in [7, 11) is 0. The normalized spacial score (nSPS) is 14.3. The molecule has 1 aromatic rings. The average molecular weight is 289 g/mol. The van der Waals surface area contributed by atoms with Crippen LogP contribution in [0.25, 0.3) is 0 Å². The molecule has 1 aliphatic rings. The molecule has 5 heteroatoms. The van der Waals surface area contributed by atoms with Crippen molar-refractivity contribution in [1.82, 2.24) is 15.5 Å². The van der Waals surface area contributed by atoms with Gasteiger partial charge in [-0.25, -0.2) is 4.79 Å². The van der Waals surface area contributed by atoms with Crippen molar-refractivity contribution in [3.63, 3.8) is 0 Å². The van der Waals surface area contributed by atoms with Gasteiger partial charge in [-0.1, -0.05) is 29.8 Å². The second kappa shape index (κ2) is 7.67. The zero-order chi connectivity index (χ0) is 15.1. The fourth-order valence-corrected chi connectivity index (χ4v) is 2.36. The zero-order valence-electron chi connectivity index (χ0n) is 12.5. The minimum absolute atomic E-state index is 0.164. The smallest absolute Gasteiger partial charge is 0.315 e. The third-order valence-electron chi connectivity index (χ3n) is 3.64. The molecule has 2 N–H and O–H groups in total. The van der Waals surface area contributed by atoms with Crippen molar-refractivity contribution in [2.45, 2.75) is 32.7 Å². The van der Waals surface area contributed by atoms with Crippen molar-refractivity contribution in [2.24, 2.45) is 0 Å². The number of urea groups is 1. The van der Waals surface area contributed by atoms with Gasteiger partial charge in [0.05, 0.1) is 0 Å². The quantitative estimate of drug-likeness (QED) is 0.785. The van der Waals surface area contributed by atoms with E-state index in [2.05, 4.69) is 10.6 Å². The SMILES string of the molecule is Cc1ccc(CNC(=O)NCCCN2CCCC2=O)cc1. The fraction of sp³-hybridized carbons (Fsp3) is 0.500. The highest BCUT2D eigenvalue weighted by atomic mass is 16.2. The van der Waals surface area contributed by atoms with Gasteiger partial charge in [-0.15, -0.1) is 0 Å². The van der Waals surface area contributed by atoms with Crippen LogP contribution < -0.4 is 10.6 Å². The fourth-order valence-electron chi connectivity index (χ4n) is 2.36. The predicted molar refractivity (Wildman–Crippen MR) is 81.8 cm³/mol. The molecule has 1 saturated heterocycles. The molecule has 1 aromatic carbocycles. The van der Waals surface area contributed by atoms with Gasteiger partial charge in [0.25, 0.3) is 0 Å². The molecule has 0 atom stereocenters. The molecule has 0 radical (unpaired) electrons. The van der Waals surface area contributed by atoms with E-state index in [4.69, 9.17) is 0 Å². The van der Waals surface area contributed by atoms with Crippen LogP contribution in [-0.2, 0) is 11.3 Å². The molecule has 2 rings (SSSR count). The number of nitrogens with zero attached hydrogens (tertiary/aromatic N) is 1. The summed E-state index contributed by atoms with van der Waals surface area (Å²) < 4.78 is 0. The molecule has 0 aromatic heterocycles. The molecule has 0 saturated carbocycles. The topological polar surface area (TPSA) is 61.4 Å². The molecule has 1 fully saturated rings. The van der Waals surface area contributed by atoms with E-state index in [-0.39, 0.29) is 11.9 Å². The minimum Gasteiger partial charge on any atom is -0.343 e. The lowest BCUT2D eigenvalue weighted by Gasteiger charge is -2.15. The number of hydrogen-bond donors (Lipinski definition) is 2. The number of carbonyl (C=O) groups excluding carboxylic acids is 2. The van der Waals surface area contributed by atoms with Crippen molar-refractivity contribution in [3.05, 3.63) is 35.4 Å². The van der Waals surface area contributed by atoms with E-state index in [0.29, 0.717) is 19.5 Å². The van der Waals surface area contributed by atoms with Gasteiger partial charge in [0, 0.05) is 32.6 Å². The zero-order valence-corrected chi connectivity index (χ0v) is 12.5. The summed E-state index contributed by atoms with van der Waals surface area (Å²) in [5, 5.41) is 5.64. The van der Waals surface area contributed by atoms with E-state index in [1.165, 1.54) is 5.56 Å². The highest BCUT2D eigenvalue weighted by Crippen LogP contribution is 2.09. The molecular formula is C16H23N3O2. The first-order valence-electron chi connectivity index (χ1n) is 7.50. The lowest BCUT2D eigenvalue weighted by atomic mass is 10.1. The van der Waals surface area contributed by atoms with Crippen molar-refractivity contribution in [3.8, 4) is 0 Å². The maximum absolute atomic E-state index is 11.6. The summed E-state index contributed by atoms with van der Waals surface area (Å²) in [6.45, 7) is 4.74.